The number of hydrogen-bond donors (Lipinski definition) is 1. The molecule has 1 N–H and O–H groups in total. The van der Waals surface area contributed by atoms with Gasteiger partial charge in [0, 0.05) is 12.6 Å². The molecule has 88 valence electrons. The summed E-state index contributed by atoms with van der Waals surface area (Å²) in [6.07, 6.45) is 4.43. The Morgan fingerprint density at radius 1 is 1.47 bits per heavy atom. The molecule has 1 aliphatic rings. The largest absolute Gasteiger partial charge is 0.339 e. The fraction of sp³-hybridized carbons (Fsp3) is 0.917. The van der Waals surface area contributed by atoms with E-state index in [0.717, 1.165) is 25.9 Å². The summed E-state index contributed by atoms with van der Waals surface area (Å²) >= 11 is 0. The van der Waals surface area contributed by atoms with Gasteiger partial charge in [-0.2, -0.15) is 0 Å². The number of carbonyl (C=O) groups is 1. The van der Waals surface area contributed by atoms with Crippen LogP contribution in [0, 0.1) is 0 Å². The SMILES string of the molecule is CCC(C)N(CC)C(=O)C1CCCCN1. The maximum atomic E-state index is 12.2. The number of carbonyl (C=O) groups excluding carboxylic acids is 1. The molecule has 15 heavy (non-hydrogen) atoms. The molecule has 0 saturated carbocycles. The van der Waals surface area contributed by atoms with Crippen molar-refractivity contribution in [2.45, 2.75) is 58.5 Å². The van der Waals surface area contributed by atoms with Crippen LogP contribution in [0.15, 0.2) is 0 Å². The summed E-state index contributed by atoms with van der Waals surface area (Å²) in [6.45, 7) is 8.15. The topological polar surface area (TPSA) is 32.3 Å². The highest BCUT2D eigenvalue weighted by atomic mass is 16.2. The van der Waals surface area contributed by atoms with E-state index in [-0.39, 0.29) is 6.04 Å². The van der Waals surface area contributed by atoms with E-state index in [9.17, 15) is 4.79 Å². The van der Waals surface area contributed by atoms with Crippen molar-refractivity contribution in [2.75, 3.05) is 13.1 Å². The molecule has 0 aromatic rings. The van der Waals surface area contributed by atoms with Crippen molar-refractivity contribution in [3.05, 3.63) is 0 Å². The standard InChI is InChI=1S/C12H24N2O/c1-4-10(3)14(5-2)12(15)11-8-6-7-9-13-11/h10-11,13H,4-9H2,1-3H3. The van der Waals surface area contributed by atoms with E-state index >= 15 is 0 Å². The van der Waals surface area contributed by atoms with Gasteiger partial charge in [-0.1, -0.05) is 13.3 Å². The summed E-state index contributed by atoms with van der Waals surface area (Å²) in [5.74, 6) is 0.298. The molecule has 1 heterocycles. The average molecular weight is 212 g/mol. The van der Waals surface area contributed by atoms with Crippen molar-refractivity contribution in [3.63, 3.8) is 0 Å². The summed E-state index contributed by atoms with van der Waals surface area (Å²) in [5, 5.41) is 3.32. The van der Waals surface area contributed by atoms with Gasteiger partial charge in [0.05, 0.1) is 6.04 Å². The van der Waals surface area contributed by atoms with Gasteiger partial charge in [-0.25, -0.2) is 0 Å². The lowest BCUT2D eigenvalue weighted by Crippen LogP contribution is -2.51. The van der Waals surface area contributed by atoms with Crippen LogP contribution in [-0.2, 0) is 4.79 Å². The van der Waals surface area contributed by atoms with Gasteiger partial charge in [-0.3, -0.25) is 4.79 Å². The number of hydrogen-bond acceptors (Lipinski definition) is 2. The Bertz CT molecular complexity index is 200. The quantitative estimate of drug-likeness (QED) is 0.770. The highest BCUT2D eigenvalue weighted by Gasteiger charge is 2.26. The minimum absolute atomic E-state index is 0.0766. The maximum absolute atomic E-state index is 12.2. The molecule has 2 atom stereocenters. The van der Waals surface area contributed by atoms with Crippen LogP contribution in [0.5, 0.6) is 0 Å². The molecule has 1 rings (SSSR count). The van der Waals surface area contributed by atoms with Crippen molar-refractivity contribution in [1.82, 2.24) is 10.2 Å². The van der Waals surface area contributed by atoms with Crippen molar-refractivity contribution in [2.24, 2.45) is 0 Å². The van der Waals surface area contributed by atoms with Gasteiger partial charge in [-0.05, 0) is 39.7 Å². The van der Waals surface area contributed by atoms with Gasteiger partial charge in [-0.15, -0.1) is 0 Å². The van der Waals surface area contributed by atoms with Crippen LogP contribution in [0.4, 0.5) is 0 Å². The maximum Gasteiger partial charge on any atom is 0.239 e. The molecule has 3 heteroatoms. The Hall–Kier alpha value is -0.570. The lowest BCUT2D eigenvalue weighted by Gasteiger charge is -2.33. The van der Waals surface area contributed by atoms with Crippen LogP contribution < -0.4 is 5.32 Å². The molecular weight excluding hydrogens is 188 g/mol. The van der Waals surface area contributed by atoms with Crippen molar-refractivity contribution >= 4 is 5.91 Å². The van der Waals surface area contributed by atoms with E-state index < -0.39 is 0 Å². The molecule has 0 spiro atoms. The lowest BCUT2D eigenvalue weighted by atomic mass is 10.0. The molecule has 0 aliphatic carbocycles. The van der Waals surface area contributed by atoms with Gasteiger partial charge < -0.3 is 10.2 Å². The Morgan fingerprint density at radius 2 is 2.20 bits per heavy atom. The molecule has 3 nitrogen and oxygen atoms in total. The molecule has 1 aliphatic heterocycles. The minimum Gasteiger partial charge on any atom is -0.339 e. The Morgan fingerprint density at radius 3 is 2.67 bits per heavy atom. The summed E-state index contributed by atoms with van der Waals surface area (Å²) in [7, 11) is 0. The molecule has 1 saturated heterocycles. The molecule has 0 bridgehead atoms. The first-order valence-electron chi connectivity index (χ1n) is 6.24. The van der Waals surface area contributed by atoms with E-state index in [1.807, 2.05) is 4.90 Å². The lowest BCUT2D eigenvalue weighted by molar-refractivity contribution is -0.135. The minimum atomic E-state index is 0.0766. The molecule has 0 aromatic heterocycles. The predicted octanol–water partition coefficient (Wildman–Crippen LogP) is 1.78. The Kier molecular flexibility index (Phi) is 5.09. The molecular formula is C12H24N2O. The normalized spacial score (nSPS) is 23.5. The number of nitrogens with one attached hydrogen (secondary N) is 1. The summed E-state index contributed by atoms with van der Waals surface area (Å²) in [6, 6.07) is 0.443. The van der Waals surface area contributed by atoms with E-state index in [1.54, 1.807) is 0 Å². The molecule has 1 fully saturated rings. The number of rotatable bonds is 4. The van der Waals surface area contributed by atoms with Crippen molar-refractivity contribution in [1.29, 1.82) is 0 Å². The number of amides is 1. The third-order valence-electron chi connectivity index (χ3n) is 3.36. The second kappa shape index (κ2) is 6.11. The van der Waals surface area contributed by atoms with Crippen molar-refractivity contribution in [3.8, 4) is 0 Å². The van der Waals surface area contributed by atoms with Crippen LogP contribution in [0.3, 0.4) is 0 Å². The monoisotopic (exact) mass is 212 g/mol. The molecule has 0 radical (unpaired) electrons. The summed E-state index contributed by atoms with van der Waals surface area (Å²) in [5.41, 5.74) is 0. The van der Waals surface area contributed by atoms with E-state index in [0.29, 0.717) is 11.9 Å². The average Bonchev–Trinajstić information content (AvgIpc) is 2.30. The van der Waals surface area contributed by atoms with E-state index in [4.69, 9.17) is 0 Å². The highest BCUT2D eigenvalue weighted by molar-refractivity contribution is 5.82. The smallest absolute Gasteiger partial charge is 0.239 e. The van der Waals surface area contributed by atoms with Gasteiger partial charge in [0.15, 0.2) is 0 Å². The van der Waals surface area contributed by atoms with Gasteiger partial charge in [0.25, 0.3) is 0 Å². The first-order chi connectivity index (χ1) is 7.20. The molecule has 0 aromatic carbocycles. The second-order valence-corrected chi connectivity index (χ2v) is 4.38. The second-order valence-electron chi connectivity index (χ2n) is 4.38. The Labute approximate surface area is 93.2 Å². The van der Waals surface area contributed by atoms with Crippen LogP contribution >= 0.6 is 0 Å². The zero-order chi connectivity index (χ0) is 11.3. The van der Waals surface area contributed by atoms with Gasteiger partial charge >= 0.3 is 0 Å². The van der Waals surface area contributed by atoms with Crippen LogP contribution in [0.25, 0.3) is 0 Å². The third-order valence-corrected chi connectivity index (χ3v) is 3.36. The zero-order valence-electron chi connectivity index (χ0n) is 10.3. The third kappa shape index (κ3) is 3.20. The van der Waals surface area contributed by atoms with Gasteiger partial charge in [0.2, 0.25) is 5.91 Å². The molecule has 2 unspecified atom stereocenters. The fourth-order valence-electron chi connectivity index (χ4n) is 2.17. The van der Waals surface area contributed by atoms with E-state index in [2.05, 4.69) is 26.1 Å². The zero-order valence-corrected chi connectivity index (χ0v) is 10.3. The van der Waals surface area contributed by atoms with Crippen molar-refractivity contribution < 1.29 is 4.79 Å². The van der Waals surface area contributed by atoms with Crippen LogP contribution in [-0.4, -0.2) is 36.0 Å². The van der Waals surface area contributed by atoms with Crippen LogP contribution in [0.1, 0.15) is 46.5 Å². The first-order valence-corrected chi connectivity index (χ1v) is 6.24. The van der Waals surface area contributed by atoms with E-state index in [1.165, 1.54) is 12.8 Å². The predicted molar refractivity (Wildman–Crippen MR) is 62.8 cm³/mol. The number of nitrogens with zero attached hydrogens (tertiary/aromatic N) is 1. The van der Waals surface area contributed by atoms with Gasteiger partial charge in [0.1, 0.15) is 0 Å². The number of piperidine rings is 1. The fourth-order valence-corrected chi connectivity index (χ4v) is 2.17. The number of likely N-dealkylation sites (N-methyl/N-ethyl adjacent to an activating group) is 1. The molecule has 1 amide bonds. The summed E-state index contributed by atoms with van der Waals surface area (Å²) < 4.78 is 0. The Balaban J connectivity index is 2.54. The first kappa shape index (κ1) is 12.5. The summed E-state index contributed by atoms with van der Waals surface area (Å²) in [4.78, 5) is 14.2. The van der Waals surface area contributed by atoms with Crippen LogP contribution in [0.2, 0.25) is 0 Å². The highest BCUT2D eigenvalue weighted by Crippen LogP contribution is 2.12.